The first-order valence-electron chi connectivity index (χ1n) is 8.42. The fraction of sp³-hybridized carbons (Fsp3) is 0.200. The number of ether oxygens (including phenoxy) is 1. The molecule has 27 heavy (non-hydrogen) atoms. The van der Waals surface area contributed by atoms with Crippen LogP contribution >= 0.6 is 11.8 Å². The van der Waals surface area contributed by atoms with Gasteiger partial charge in [-0.2, -0.15) is 8.78 Å². The molecule has 0 saturated heterocycles. The van der Waals surface area contributed by atoms with Crippen LogP contribution in [0.4, 0.5) is 14.5 Å². The summed E-state index contributed by atoms with van der Waals surface area (Å²) in [6.07, 6.45) is 4.18. The largest absolute Gasteiger partial charge is 0.435 e. The van der Waals surface area contributed by atoms with Gasteiger partial charge in [0, 0.05) is 23.5 Å². The highest BCUT2D eigenvalue weighted by Crippen LogP contribution is 2.18. The fourth-order valence-corrected chi connectivity index (χ4v) is 3.24. The molecule has 0 fully saturated rings. The zero-order chi connectivity index (χ0) is 19.1. The third-order valence-corrected chi connectivity index (χ3v) is 4.75. The van der Waals surface area contributed by atoms with Crippen LogP contribution in [0.3, 0.4) is 0 Å². The average Bonchev–Trinajstić information content (AvgIpc) is 2.68. The zero-order valence-electron chi connectivity index (χ0n) is 14.4. The monoisotopic (exact) mass is 388 g/mol. The van der Waals surface area contributed by atoms with Gasteiger partial charge in [-0.3, -0.25) is 9.79 Å². The number of ketones is 1. The predicted molar refractivity (Wildman–Crippen MR) is 106 cm³/mol. The average molecular weight is 388 g/mol. The minimum Gasteiger partial charge on any atom is -0.435 e. The van der Waals surface area contributed by atoms with E-state index in [1.165, 1.54) is 18.2 Å². The zero-order valence-corrected chi connectivity index (χ0v) is 15.2. The number of halogens is 2. The summed E-state index contributed by atoms with van der Waals surface area (Å²) < 4.78 is 28.5. The van der Waals surface area contributed by atoms with Crippen LogP contribution in [0.15, 0.2) is 59.6 Å². The summed E-state index contributed by atoms with van der Waals surface area (Å²) in [6.45, 7) is -2.01. The standard InChI is InChI=1S/C20H18F2N2O2S/c21-19(22)26-17-9-2-14(3-10-17)4-11-18(25)15-5-7-16(8-6-15)24-20-23-12-1-13-27-20/h2-11,19H,1,12-13H2,(H,23,24)/b11-4+. The molecule has 2 aromatic rings. The molecule has 1 N–H and O–H groups in total. The molecule has 0 atom stereocenters. The molecule has 0 aliphatic carbocycles. The molecule has 2 aromatic carbocycles. The van der Waals surface area contributed by atoms with Gasteiger partial charge in [0.05, 0.1) is 0 Å². The highest BCUT2D eigenvalue weighted by Gasteiger charge is 2.07. The minimum atomic E-state index is -2.85. The van der Waals surface area contributed by atoms with Crippen LogP contribution < -0.4 is 10.1 Å². The van der Waals surface area contributed by atoms with Gasteiger partial charge in [0.15, 0.2) is 11.0 Å². The van der Waals surface area contributed by atoms with Crippen molar-refractivity contribution in [2.45, 2.75) is 13.0 Å². The Hall–Kier alpha value is -2.67. The van der Waals surface area contributed by atoms with Crippen molar-refractivity contribution in [3.05, 3.63) is 65.7 Å². The van der Waals surface area contributed by atoms with Crippen LogP contribution in [-0.2, 0) is 0 Å². The van der Waals surface area contributed by atoms with Crippen molar-refractivity contribution in [2.24, 2.45) is 4.99 Å². The van der Waals surface area contributed by atoms with Gasteiger partial charge >= 0.3 is 6.61 Å². The first kappa shape index (κ1) is 19.1. The van der Waals surface area contributed by atoms with Gasteiger partial charge in [-0.25, -0.2) is 0 Å². The Labute approximate surface area is 160 Å². The first-order valence-corrected chi connectivity index (χ1v) is 9.40. The van der Waals surface area contributed by atoms with E-state index in [1.807, 2.05) is 12.1 Å². The summed E-state index contributed by atoms with van der Waals surface area (Å²) in [6, 6.07) is 13.3. The third kappa shape index (κ3) is 5.92. The minimum absolute atomic E-state index is 0.0808. The molecule has 7 heteroatoms. The number of carbonyl (C=O) groups excluding carboxylic acids is 1. The van der Waals surface area contributed by atoms with Crippen molar-refractivity contribution in [3.8, 4) is 5.75 Å². The van der Waals surface area contributed by atoms with Gasteiger partial charge in [-0.15, -0.1) is 0 Å². The summed E-state index contributed by atoms with van der Waals surface area (Å²) in [5.74, 6) is 0.999. The number of thioether (sulfide) groups is 1. The lowest BCUT2D eigenvalue weighted by atomic mass is 10.1. The Morgan fingerprint density at radius 2 is 1.89 bits per heavy atom. The number of alkyl halides is 2. The van der Waals surface area contributed by atoms with Crippen molar-refractivity contribution in [3.63, 3.8) is 0 Å². The van der Waals surface area contributed by atoms with E-state index in [1.54, 1.807) is 42.1 Å². The van der Waals surface area contributed by atoms with Crippen molar-refractivity contribution >= 4 is 34.5 Å². The van der Waals surface area contributed by atoms with E-state index >= 15 is 0 Å². The number of allylic oxidation sites excluding steroid dienone is 1. The number of nitrogens with one attached hydrogen (secondary N) is 1. The molecule has 0 amide bonds. The lowest BCUT2D eigenvalue weighted by Crippen LogP contribution is -2.13. The summed E-state index contributed by atoms with van der Waals surface area (Å²) >= 11 is 1.69. The molecule has 4 nitrogen and oxygen atoms in total. The number of hydrogen-bond acceptors (Lipinski definition) is 5. The topological polar surface area (TPSA) is 50.7 Å². The second kappa shape index (κ2) is 9.32. The van der Waals surface area contributed by atoms with Crippen LogP contribution in [0.5, 0.6) is 5.75 Å². The van der Waals surface area contributed by atoms with Gasteiger partial charge < -0.3 is 10.1 Å². The maximum atomic E-state index is 12.3. The normalized spacial score (nSPS) is 14.3. The number of nitrogens with zero attached hydrogens (tertiary/aromatic N) is 1. The molecule has 0 spiro atoms. The Kier molecular flexibility index (Phi) is 6.59. The van der Waals surface area contributed by atoms with Gasteiger partial charge in [-0.1, -0.05) is 30.0 Å². The van der Waals surface area contributed by atoms with Gasteiger partial charge in [0.2, 0.25) is 0 Å². The molecular formula is C20H18F2N2O2S. The molecule has 0 radical (unpaired) electrons. The molecule has 3 rings (SSSR count). The van der Waals surface area contributed by atoms with Gasteiger partial charge in [-0.05, 0) is 54.5 Å². The maximum absolute atomic E-state index is 12.3. The van der Waals surface area contributed by atoms with Crippen molar-refractivity contribution < 1.29 is 18.3 Å². The molecule has 0 unspecified atom stereocenters. The van der Waals surface area contributed by atoms with E-state index in [2.05, 4.69) is 15.0 Å². The first-order chi connectivity index (χ1) is 13.1. The Balaban J connectivity index is 1.58. The molecule has 1 heterocycles. The number of anilines is 1. The van der Waals surface area contributed by atoms with E-state index in [0.29, 0.717) is 5.56 Å². The summed E-state index contributed by atoms with van der Waals surface area (Å²) in [7, 11) is 0. The highest BCUT2D eigenvalue weighted by atomic mass is 32.2. The molecule has 0 bridgehead atoms. The van der Waals surface area contributed by atoms with Crippen molar-refractivity contribution in [1.82, 2.24) is 0 Å². The second-order valence-electron chi connectivity index (χ2n) is 5.74. The molecule has 0 aromatic heterocycles. The third-order valence-electron chi connectivity index (χ3n) is 3.75. The number of amidine groups is 1. The van der Waals surface area contributed by atoms with Crippen molar-refractivity contribution in [1.29, 1.82) is 0 Å². The number of hydrogen-bond donors (Lipinski definition) is 1. The van der Waals surface area contributed by atoms with Crippen LogP contribution in [0.1, 0.15) is 22.3 Å². The number of aliphatic imine (C=N–C) groups is 1. The van der Waals surface area contributed by atoms with E-state index < -0.39 is 6.61 Å². The lowest BCUT2D eigenvalue weighted by Gasteiger charge is -2.13. The summed E-state index contributed by atoms with van der Waals surface area (Å²) in [4.78, 5) is 16.7. The van der Waals surface area contributed by atoms with E-state index in [-0.39, 0.29) is 11.5 Å². The molecule has 140 valence electrons. The fourth-order valence-electron chi connectivity index (χ4n) is 2.41. The number of benzene rings is 2. The van der Waals surface area contributed by atoms with E-state index in [0.717, 1.165) is 35.1 Å². The van der Waals surface area contributed by atoms with Gasteiger partial charge in [0.1, 0.15) is 5.75 Å². The quantitative estimate of drug-likeness (QED) is 0.553. The van der Waals surface area contributed by atoms with Crippen LogP contribution in [0.25, 0.3) is 6.08 Å². The molecule has 0 saturated carbocycles. The predicted octanol–water partition coefficient (Wildman–Crippen LogP) is 5.09. The SMILES string of the molecule is O=C(/C=C/c1ccc(OC(F)F)cc1)c1ccc(NC2=NCCCS2)cc1. The van der Waals surface area contributed by atoms with Crippen LogP contribution in [-0.4, -0.2) is 29.9 Å². The van der Waals surface area contributed by atoms with E-state index in [4.69, 9.17) is 0 Å². The Bertz CT molecular complexity index is 834. The Morgan fingerprint density at radius 3 is 2.52 bits per heavy atom. The molecule has 1 aliphatic heterocycles. The molecular weight excluding hydrogens is 370 g/mol. The summed E-state index contributed by atoms with van der Waals surface area (Å²) in [5, 5.41) is 4.14. The smallest absolute Gasteiger partial charge is 0.387 e. The Morgan fingerprint density at radius 1 is 1.15 bits per heavy atom. The summed E-state index contributed by atoms with van der Waals surface area (Å²) in [5.41, 5.74) is 2.17. The van der Waals surface area contributed by atoms with Gasteiger partial charge in [0.25, 0.3) is 0 Å². The molecule has 1 aliphatic rings. The van der Waals surface area contributed by atoms with Crippen LogP contribution in [0, 0.1) is 0 Å². The lowest BCUT2D eigenvalue weighted by molar-refractivity contribution is -0.0498. The number of rotatable bonds is 6. The maximum Gasteiger partial charge on any atom is 0.387 e. The van der Waals surface area contributed by atoms with E-state index in [9.17, 15) is 13.6 Å². The second-order valence-corrected chi connectivity index (χ2v) is 6.82. The number of carbonyl (C=O) groups is 1. The van der Waals surface area contributed by atoms with Crippen LogP contribution in [0.2, 0.25) is 0 Å². The van der Waals surface area contributed by atoms with Crippen molar-refractivity contribution in [2.75, 3.05) is 17.6 Å². The highest BCUT2D eigenvalue weighted by molar-refractivity contribution is 8.14.